The molecule has 2 rings (SSSR count). The van der Waals surface area contributed by atoms with Gasteiger partial charge in [-0.3, -0.25) is 4.98 Å². The van der Waals surface area contributed by atoms with E-state index in [9.17, 15) is 4.79 Å². The van der Waals surface area contributed by atoms with Crippen molar-refractivity contribution in [2.24, 2.45) is 0 Å². The van der Waals surface area contributed by atoms with Gasteiger partial charge in [0.25, 0.3) is 0 Å². The van der Waals surface area contributed by atoms with E-state index in [-0.39, 0.29) is 19.2 Å². The highest BCUT2D eigenvalue weighted by Gasteiger charge is 2.01. The van der Waals surface area contributed by atoms with Crippen LogP contribution in [0.3, 0.4) is 0 Å². The van der Waals surface area contributed by atoms with Crippen molar-refractivity contribution in [2.45, 2.75) is 0 Å². The van der Waals surface area contributed by atoms with Gasteiger partial charge in [-0.25, -0.2) is 4.79 Å². The standard InChI is InChI=1S/C17H17N3O2/c1-2-10-19-17(21)20-11-3-4-13-22-15-9-5-7-14-8-6-12-18-16(14)15/h2,5-9,12H,1,10-11,13H2,(H2,19,20,21). The molecule has 0 bridgehead atoms. The Hall–Kier alpha value is -3.00. The van der Waals surface area contributed by atoms with Gasteiger partial charge in [-0.1, -0.05) is 36.1 Å². The molecule has 0 unspecified atom stereocenters. The van der Waals surface area contributed by atoms with Crippen molar-refractivity contribution in [3.63, 3.8) is 0 Å². The number of nitrogens with one attached hydrogen (secondary N) is 2. The average Bonchev–Trinajstić information content (AvgIpc) is 2.56. The number of carbonyl (C=O) groups is 1. The number of benzene rings is 1. The maximum Gasteiger partial charge on any atom is 0.315 e. The Morgan fingerprint density at radius 3 is 3.00 bits per heavy atom. The van der Waals surface area contributed by atoms with Crippen LogP contribution in [-0.2, 0) is 0 Å². The molecule has 0 radical (unpaired) electrons. The molecule has 0 aliphatic carbocycles. The average molecular weight is 295 g/mol. The van der Waals surface area contributed by atoms with Crippen LogP contribution in [-0.4, -0.2) is 30.7 Å². The van der Waals surface area contributed by atoms with E-state index >= 15 is 0 Å². The summed E-state index contributed by atoms with van der Waals surface area (Å²) in [6.07, 6.45) is 3.34. The van der Waals surface area contributed by atoms with Crippen LogP contribution in [0.2, 0.25) is 0 Å². The molecule has 2 amide bonds. The minimum atomic E-state index is -0.270. The van der Waals surface area contributed by atoms with E-state index in [4.69, 9.17) is 4.74 Å². The third-order valence-corrected chi connectivity index (χ3v) is 2.76. The topological polar surface area (TPSA) is 63.2 Å². The number of fused-ring (bicyclic) bond motifs is 1. The summed E-state index contributed by atoms with van der Waals surface area (Å²) in [7, 11) is 0. The lowest BCUT2D eigenvalue weighted by Gasteiger charge is -2.05. The molecular formula is C17H17N3O2. The van der Waals surface area contributed by atoms with Gasteiger partial charge in [-0.05, 0) is 12.1 Å². The van der Waals surface area contributed by atoms with Crippen LogP contribution in [0.15, 0.2) is 49.2 Å². The van der Waals surface area contributed by atoms with Crippen molar-refractivity contribution in [1.82, 2.24) is 15.6 Å². The highest BCUT2D eigenvalue weighted by molar-refractivity contribution is 5.84. The normalized spacial score (nSPS) is 9.45. The maximum atomic E-state index is 11.2. The summed E-state index contributed by atoms with van der Waals surface area (Å²) in [5.74, 6) is 6.36. The van der Waals surface area contributed by atoms with Crippen LogP contribution in [0.5, 0.6) is 5.75 Å². The van der Waals surface area contributed by atoms with Crippen molar-refractivity contribution in [3.05, 3.63) is 49.2 Å². The molecule has 1 heterocycles. The van der Waals surface area contributed by atoms with E-state index < -0.39 is 0 Å². The third kappa shape index (κ3) is 4.53. The van der Waals surface area contributed by atoms with Crippen LogP contribution in [0, 0.1) is 11.8 Å². The molecule has 112 valence electrons. The van der Waals surface area contributed by atoms with Crippen molar-refractivity contribution in [3.8, 4) is 17.6 Å². The van der Waals surface area contributed by atoms with Crippen molar-refractivity contribution >= 4 is 16.9 Å². The summed E-state index contributed by atoms with van der Waals surface area (Å²) in [4.78, 5) is 15.5. The Labute approximate surface area is 129 Å². The van der Waals surface area contributed by atoms with Gasteiger partial charge in [-0.2, -0.15) is 0 Å². The first-order chi connectivity index (χ1) is 10.8. The number of amides is 2. The summed E-state index contributed by atoms with van der Waals surface area (Å²) >= 11 is 0. The molecule has 0 aliphatic rings. The van der Waals surface area contributed by atoms with E-state index in [0.29, 0.717) is 12.3 Å². The van der Waals surface area contributed by atoms with Crippen molar-refractivity contribution < 1.29 is 9.53 Å². The first-order valence-electron chi connectivity index (χ1n) is 6.86. The van der Waals surface area contributed by atoms with Crippen molar-refractivity contribution in [2.75, 3.05) is 19.7 Å². The number of para-hydroxylation sites is 1. The summed E-state index contributed by atoms with van der Waals surface area (Å²) in [6.45, 7) is 4.44. The highest BCUT2D eigenvalue weighted by atomic mass is 16.5. The Bertz CT molecular complexity index is 711. The second-order valence-corrected chi connectivity index (χ2v) is 4.33. The molecule has 0 saturated heterocycles. The fourth-order valence-corrected chi connectivity index (χ4v) is 1.77. The number of carbonyl (C=O) groups excluding carboxylic acids is 1. The third-order valence-electron chi connectivity index (χ3n) is 2.76. The number of pyridine rings is 1. The van der Waals surface area contributed by atoms with E-state index in [1.807, 2.05) is 30.3 Å². The van der Waals surface area contributed by atoms with Gasteiger partial charge in [0.15, 0.2) is 0 Å². The SMILES string of the molecule is C=CCNC(=O)NCC#CCOc1cccc2cccnc12. The monoisotopic (exact) mass is 295 g/mol. The number of urea groups is 1. The number of ether oxygens (including phenoxy) is 1. The molecule has 1 aromatic carbocycles. The largest absolute Gasteiger partial charge is 0.479 e. The molecule has 1 aromatic heterocycles. The minimum Gasteiger partial charge on any atom is -0.479 e. The van der Waals surface area contributed by atoms with Gasteiger partial charge in [-0.15, -0.1) is 6.58 Å². The number of hydrogen-bond donors (Lipinski definition) is 2. The lowest BCUT2D eigenvalue weighted by molar-refractivity contribution is 0.243. The fraction of sp³-hybridized carbons (Fsp3) is 0.176. The minimum absolute atomic E-state index is 0.242. The van der Waals surface area contributed by atoms with Gasteiger partial charge < -0.3 is 15.4 Å². The van der Waals surface area contributed by atoms with Gasteiger partial charge >= 0.3 is 6.03 Å². The molecule has 0 atom stereocenters. The summed E-state index contributed by atoms with van der Waals surface area (Å²) in [5, 5.41) is 6.22. The molecular weight excluding hydrogens is 278 g/mol. The van der Waals surface area contributed by atoms with E-state index in [1.165, 1.54) is 0 Å². The Morgan fingerprint density at radius 2 is 2.14 bits per heavy atom. The van der Waals surface area contributed by atoms with E-state index in [0.717, 1.165) is 10.9 Å². The van der Waals surface area contributed by atoms with Gasteiger partial charge in [0.05, 0.1) is 6.54 Å². The van der Waals surface area contributed by atoms with Crippen LogP contribution in [0.25, 0.3) is 10.9 Å². The summed E-state index contributed by atoms with van der Waals surface area (Å²) < 4.78 is 5.61. The fourth-order valence-electron chi connectivity index (χ4n) is 1.77. The lowest BCUT2D eigenvalue weighted by Crippen LogP contribution is -2.35. The number of hydrogen-bond acceptors (Lipinski definition) is 3. The zero-order valence-corrected chi connectivity index (χ0v) is 12.1. The summed E-state index contributed by atoms with van der Waals surface area (Å²) in [5.41, 5.74) is 0.814. The van der Waals surface area contributed by atoms with Crippen LogP contribution < -0.4 is 15.4 Å². The molecule has 0 spiro atoms. The predicted octanol–water partition coefficient (Wildman–Crippen LogP) is 2.10. The molecule has 5 heteroatoms. The Kier molecular flexibility index (Phi) is 5.82. The highest BCUT2D eigenvalue weighted by Crippen LogP contribution is 2.22. The lowest BCUT2D eigenvalue weighted by atomic mass is 10.2. The molecule has 0 fully saturated rings. The van der Waals surface area contributed by atoms with Crippen LogP contribution >= 0.6 is 0 Å². The zero-order valence-electron chi connectivity index (χ0n) is 12.1. The van der Waals surface area contributed by atoms with Crippen LogP contribution in [0.1, 0.15) is 0 Å². The Morgan fingerprint density at radius 1 is 1.27 bits per heavy atom. The predicted molar refractivity (Wildman–Crippen MR) is 86.6 cm³/mol. The van der Waals surface area contributed by atoms with Gasteiger partial charge in [0.2, 0.25) is 0 Å². The number of nitrogens with zero attached hydrogens (tertiary/aromatic N) is 1. The van der Waals surface area contributed by atoms with Crippen molar-refractivity contribution in [1.29, 1.82) is 0 Å². The first-order valence-corrected chi connectivity index (χ1v) is 6.86. The first kappa shape index (κ1) is 15.4. The second-order valence-electron chi connectivity index (χ2n) is 4.33. The van der Waals surface area contributed by atoms with E-state index in [1.54, 1.807) is 12.3 Å². The smallest absolute Gasteiger partial charge is 0.315 e. The molecule has 2 aromatic rings. The zero-order chi connectivity index (χ0) is 15.6. The molecule has 0 aliphatic heterocycles. The van der Waals surface area contributed by atoms with Gasteiger partial charge in [0, 0.05) is 18.1 Å². The summed E-state index contributed by atoms with van der Waals surface area (Å²) in [6, 6.07) is 9.35. The Balaban J connectivity index is 1.80. The van der Waals surface area contributed by atoms with E-state index in [2.05, 4.69) is 34.0 Å². The maximum absolute atomic E-state index is 11.2. The molecule has 2 N–H and O–H groups in total. The van der Waals surface area contributed by atoms with Gasteiger partial charge in [0.1, 0.15) is 17.9 Å². The number of aromatic nitrogens is 1. The molecule has 0 saturated carbocycles. The quantitative estimate of drug-likeness (QED) is 0.656. The van der Waals surface area contributed by atoms with Crippen LogP contribution in [0.4, 0.5) is 4.79 Å². The number of rotatable bonds is 5. The molecule has 5 nitrogen and oxygen atoms in total. The molecule has 22 heavy (non-hydrogen) atoms. The second kappa shape index (κ2) is 8.32.